The largest absolute Gasteiger partial charge is 0.366 e. The van der Waals surface area contributed by atoms with Crippen LogP contribution in [0.1, 0.15) is 22.3 Å². The quantitative estimate of drug-likeness (QED) is 0.751. The third-order valence-corrected chi connectivity index (χ3v) is 3.22. The first kappa shape index (κ1) is 14.5. The van der Waals surface area contributed by atoms with Gasteiger partial charge in [0.1, 0.15) is 0 Å². The first-order valence-electron chi connectivity index (χ1n) is 6.30. The van der Waals surface area contributed by atoms with Crippen molar-refractivity contribution in [2.24, 2.45) is 5.73 Å². The van der Waals surface area contributed by atoms with Gasteiger partial charge in [-0.2, -0.15) is 0 Å². The highest BCUT2D eigenvalue weighted by molar-refractivity contribution is 6.31. The first-order valence-corrected chi connectivity index (χ1v) is 6.67. The zero-order valence-corrected chi connectivity index (χ0v) is 11.7. The Kier molecular flexibility index (Phi) is 5.09. The minimum absolute atomic E-state index is 0.421. The molecule has 0 saturated carbocycles. The molecule has 0 saturated heterocycles. The van der Waals surface area contributed by atoms with Crippen LogP contribution in [0, 0.1) is 0 Å². The van der Waals surface area contributed by atoms with Crippen LogP contribution >= 0.6 is 11.6 Å². The number of hydrogen-bond donors (Lipinski definition) is 2. The maximum Gasteiger partial charge on any atom is 0.248 e. The number of nitrogens with one attached hydrogen (secondary N) is 1. The third kappa shape index (κ3) is 4.04. The van der Waals surface area contributed by atoms with Crippen LogP contribution in [-0.4, -0.2) is 27.4 Å². The van der Waals surface area contributed by atoms with Crippen LogP contribution in [0.5, 0.6) is 0 Å². The van der Waals surface area contributed by atoms with Crippen molar-refractivity contribution in [3.8, 4) is 0 Å². The Labute approximate surface area is 121 Å². The Bertz CT molecular complexity index is 570. The lowest BCUT2D eigenvalue weighted by Crippen LogP contribution is -2.17. The molecule has 0 atom stereocenters. The molecule has 6 nitrogen and oxygen atoms in total. The number of hydrogen-bond acceptors (Lipinski definition) is 4. The van der Waals surface area contributed by atoms with Crippen molar-refractivity contribution in [1.29, 1.82) is 0 Å². The van der Waals surface area contributed by atoms with Crippen LogP contribution in [0.4, 0.5) is 0 Å². The summed E-state index contributed by atoms with van der Waals surface area (Å²) in [7, 11) is 0. The number of halogens is 1. The summed E-state index contributed by atoms with van der Waals surface area (Å²) in [6.45, 7) is 2.31. The fraction of sp³-hybridized carbons (Fsp3) is 0.308. The molecule has 2 rings (SSSR count). The summed E-state index contributed by atoms with van der Waals surface area (Å²) in [6.07, 6.45) is 4.44. The number of aromatic nitrogens is 3. The highest BCUT2D eigenvalue weighted by Gasteiger charge is 2.05. The lowest BCUT2D eigenvalue weighted by Gasteiger charge is -2.07. The summed E-state index contributed by atoms with van der Waals surface area (Å²) >= 11 is 6.10. The van der Waals surface area contributed by atoms with Crippen LogP contribution in [0.15, 0.2) is 30.6 Å². The lowest BCUT2D eigenvalue weighted by atomic mass is 10.1. The van der Waals surface area contributed by atoms with Crippen molar-refractivity contribution >= 4 is 17.5 Å². The van der Waals surface area contributed by atoms with Crippen molar-refractivity contribution in [2.75, 3.05) is 6.54 Å². The summed E-state index contributed by atoms with van der Waals surface area (Å²) in [4.78, 5) is 11.0. The molecular formula is C13H16ClN5O. The van der Waals surface area contributed by atoms with E-state index in [1.54, 1.807) is 23.0 Å². The van der Waals surface area contributed by atoms with Crippen molar-refractivity contribution < 1.29 is 4.79 Å². The topological polar surface area (TPSA) is 85.8 Å². The molecule has 0 aliphatic heterocycles. The Morgan fingerprint density at radius 2 is 2.30 bits per heavy atom. The smallest absolute Gasteiger partial charge is 0.248 e. The average molecular weight is 294 g/mol. The lowest BCUT2D eigenvalue weighted by molar-refractivity contribution is 0.100. The van der Waals surface area contributed by atoms with Crippen LogP contribution in [0.2, 0.25) is 5.02 Å². The van der Waals surface area contributed by atoms with E-state index in [0.717, 1.165) is 25.1 Å². The standard InChI is InChI=1S/C13H16ClN5O/c14-12-8-10(13(15)20)2-3-11(12)9-16-4-1-6-19-7-5-17-18-19/h2-3,5,7-8,16H,1,4,6,9H2,(H2,15,20). The molecule has 0 unspecified atom stereocenters. The molecule has 0 aliphatic rings. The second-order valence-corrected chi connectivity index (χ2v) is 4.77. The molecule has 2 aromatic rings. The van der Waals surface area contributed by atoms with E-state index in [2.05, 4.69) is 15.6 Å². The Hall–Kier alpha value is -1.92. The molecule has 0 bridgehead atoms. The number of carbonyl (C=O) groups is 1. The van der Waals surface area contributed by atoms with E-state index in [4.69, 9.17) is 17.3 Å². The predicted molar refractivity (Wildman–Crippen MR) is 76.3 cm³/mol. The van der Waals surface area contributed by atoms with Crippen molar-refractivity contribution in [3.63, 3.8) is 0 Å². The van der Waals surface area contributed by atoms with Crippen LogP contribution < -0.4 is 11.1 Å². The summed E-state index contributed by atoms with van der Waals surface area (Å²) in [5.74, 6) is -0.473. The van der Waals surface area contributed by atoms with E-state index < -0.39 is 5.91 Å². The van der Waals surface area contributed by atoms with Crippen molar-refractivity contribution in [3.05, 3.63) is 46.7 Å². The summed E-state index contributed by atoms with van der Waals surface area (Å²) in [5, 5.41) is 11.5. The van der Waals surface area contributed by atoms with Gasteiger partial charge in [-0.15, -0.1) is 5.10 Å². The fourth-order valence-electron chi connectivity index (χ4n) is 1.79. The van der Waals surface area contributed by atoms with Crippen LogP contribution in [0.3, 0.4) is 0 Å². The van der Waals surface area contributed by atoms with Crippen LogP contribution in [0.25, 0.3) is 0 Å². The first-order chi connectivity index (χ1) is 9.66. The summed E-state index contributed by atoms with van der Waals surface area (Å²) in [6, 6.07) is 5.09. The number of primary amides is 1. The molecule has 3 N–H and O–H groups in total. The van der Waals surface area contributed by atoms with E-state index in [1.165, 1.54) is 0 Å². The van der Waals surface area contributed by atoms with Gasteiger partial charge in [-0.05, 0) is 30.7 Å². The molecule has 1 amide bonds. The SMILES string of the molecule is NC(=O)c1ccc(CNCCCn2ccnn2)c(Cl)c1. The maximum absolute atomic E-state index is 11.0. The fourth-order valence-corrected chi connectivity index (χ4v) is 2.03. The van der Waals surface area contributed by atoms with E-state index in [-0.39, 0.29) is 0 Å². The van der Waals surface area contributed by atoms with Gasteiger partial charge in [-0.25, -0.2) is 0 Å². The molecule has 20 heavy (non-hydrogen) atoms. The molecule has 1 aromatic carbocycles. The maximum atomic E-state index is 11.0. The highest BCUT2D eigenvalue weighted by atomic mass is 35.5. The summed E-state index contributed by atoms with van der Waals surface area (Å²) in [5.41, 5.74) is 6.56. The monoisotopic (exact) mass is 293 g/mol. The zero-order chi connectivity index (χ0) is 14.4. The Morgan fingerprint density at radius 3 is 2.95 bits per heavy atom. The molecule has 0 radical (unpaired) electrons. The van der Waals surface area contributed by atoms with Crippen molar-refractivity contribution in [2.45, 2.75) is 19.5 Å². The van der Waals surface area contributed by atoms with Gasteiger partial charge in [-0.1, -0.05) is 22.9 Å². The Morgan fingerprint density at radius 1 is 1.45 bits per heavy atom. The van der Waals surface area contributed by atoms with Gasteiger partial charge < -0.3 is 11.1 Å². The number of nitrogens with two attached hydrogens (primary N) is 1. The highest BCUT2D eigenvalue weighted by Crippen LogP contribution is 2.17. The van der Waals surface area contributed by atoms with E-state index >= 15 is 0 Å². The number of carbonyl (C=O) groups excluding carboxylic acids is 1. The number of aryl methyl sites for hydroxylation is 1. The number of rotatable bonds is 7. The Balaban J connectivity index is 1.75. The summed E-state index contributed by atoms with van der Waals surface area (Å²) < 4.78 is 1.79. The van der Waals surface area contributed by atoms with Gasteiger partial charge in [0.05, 0.1) is 6.20 Å². The zero-order valence-electron chi connectivity index (χ0n) is 10.9. The van der Waals surface area contributed by atoms with Gasteiger partial charge in [0.25, 0.3) is 0 Å². The van der Waals surface area contributed by atoms with E-state index in [1.807, 2.05) is 12.3 Å². The van der Waals surface area contributed by atoms with Crippen LogP contribution in [-0.2, 0) is 13.1 Å². The molecular weight excluding hydrogens is 278 g/mol. The number of amides is 1. The third-order valence-electron chi connectivity index (χ3n) is 2.87. The van der Waals surface area contributed by atoms with Gasteiger partial charge in [-0.3, -0.25) is 9.48 Å². The second-order valence-electron chi connectivity index (χ2n) is 4.37. The minimum atomic E-state index is -0.473. The minimum Gasteiger partial charge on any atom is -0.366 e. The molecule has 0 aliphatic carbocycles. The van der Waals surface area contributed by atoms with Gasteiger partial charge >= 0.3 is 0 Å². The van der Waals surface area contributed by atoms with Gasteiger partial charge in [0.2, 0.25) is 5.91 Å². The molecule has 1 heterocycles. The second kappa shape index (κ2) is 7.02. The van der Waals surface area contributed by atoms with Gasteiger partial charge in [0, 0.05) is 29.9 Å². The molecule has 0 spiro atoms. The van der Waals surface area contributed by atoms with Crippen molar-refractivity contribution in [1.82, 2.24) is 20.3 Å². The molecule has 7 heteroatoms. The number of benzene rings is 1. The predicted octanol–water partition coefficient (Wildman–Crippen LogP) is 1.21. The van der Waals surface area contributed by atoms with Gasteiger partial charge in [0.15, 0.2) is 0 Å². The van der Waals surface area contributed by atoms with E-state index in [0.29, 0.717) is 17.1 Å². The molecule has 0 fully saturated rings. The van der Waals surface area contributed by atoms with E-state index in [9.17, 15) is 4.79 Å². The number of nitrogens with zero attached hydrogens (tertiary/aromatic N) is 3. The normalized spacial score (nSPS) is 10.7. The molecule has 106 valence electrons. The average Bonchev–Trinajstić information content (AvgIpc) is 2.93. The molecule has 1 aromatic heterocycles.